The largest absolute Gasteiger partial charge is 0.460 e. The molecule has 0 heterocycles. The lowest BCUT2D eigenvalue weighted by Gasteiger charge is -2.30. The average molecular weight is 421 g/mol. The summed E-state index contributed by atoms with van der Waals surface area (Å²) in [6, 6.07) is 16.8. The fraction of sp³-hybridized carbons (Fsp3) is 0.440. The van der Waals surface area contributed by atoms with E-state index in [0.717, 1.165) is 30.8 Å². The number of anilines is 1. The lowest BCUT2D eigenvalue weighted by atomic mass is 9.85. The number of rotatable bonds is 10. The van der Waals surface area contributed by atoms with Gasteiger partial charge >= 0.3 is 5.97 Å². The first-order chi connectivity index (χ1) is 14.8. The SMILES string of the molecule is CCN(CC(C)OC(=O)C(C)(CC)CC)c1ccc(N=Nc2ccc(C#N)cc2)cc1. The molecule has 0 saturated carbocycles. The highest BCUT2D eigenvalue weighted by Gasteiger charge is 2.32. The smallest absolute Gasteiger partial charge is 0.312 e. The quantitative estimate of drug-likeness (QED) is 0.322. The van der Waals surface area contributed by atoms with E-state index in [1.165, 1.54) is 0 Å². The zero-order chi connectivity index (χ0) is 22.9. The maximum atomic E-state index is 12.5. The van der Waals surface area contributed by atoms with Gasteiger partial charge in [-0.1, -0.05) is 13.8 Å². The molecule has 2 aromatic carbocycles. The summed E-state index contributed by atoms with van der Waals surface area (Å²) in [6.45, 7) is 11.4. The van der Waals surface area contributed by atoms with Gasteiger partial charge in [-0.05, 0) is 82.1 Å². The Hall–Kier alpha value is -3.20. The summed E-state index contributed by atoms with van der Waals surface area (Å²) in [6.07, 6.45) is 1.33. The standard InChI is InChI=1S/C25H32N4O2/c1-6-25(5,7-2)24(30)31-19(4)18-29(8-3)23-15-13-22(14-16-23)28-27-21-11-9-20(17-26)10-12-21/h9-16,19H,6-8,18H2,1-5H3. The van der Waals surface area contributed by atoms with Crippen LogP contribution in [0.3, 0.4) is 0 Å². The van der Waals surface area contributed by atoms with Gasteiger partial charge in [0.2, 0.25) is 0 Å². The van der Waals surface area contributed by atoms with Gasteiger partial charge in [-0.2, -0.15) is 15.5 Å². The van der Waals surface area contributed by atoms with Crippen molar-refractivity contribution in [1.82, 2.24) is 0 Å². The monoisotopic (exact) mass is 420 g/mol. The minimum absolute atomic E-state index is 0.125. The maximum absolute atomic E-state index is 12.5. The third-order valence-corrected chi connectivity index (χ3v) is 5.71. The zero-order valence-corrected chi connectivity index (χ0v) is 19.1. The van der Waals surface area contributed by atoms with Crippen molar-refractivity contribution < 1.29 is 9.53 Å². The van der Waals surface area contributed by atoms with Crippen LogP contribution in [-0.2, 0) is 9.53 Å². The van der Waals surface area contributed by atoms with Gasteiger partial charge in [-0.15, -0.1) is 0 Å². The second-order valence-electron chi connectivity index (χ2n) is 7.90. The van der Waals surface area contributed by atoms with E-state index in [4.69, 9.17) is 10.00 Å². The molecule has 2 rings (SSSR count). The predicted molar refractivity (Wildman–Crippen MR) is 124 cm³/mol. The topological polar surface area (TPSA) is 78.0 Å². The maximum Gasteiger partial charge on any atom is 0.312 e. The molecule has 0 aliphatic carbocycles. The van der Waals surface area contributed by atoms with Gasteiger partial charge in [0.05, 0.1) is 35.0 Å². The van der Waals surface area contributed by atoms with Crippen LogP contribution in [0, 0.1) is 16.7 Å². The molecule has 6 heteroatoms. The molecule has 1 unspecified atom stereocenters. The molecule has 0 amide bonds. The van der Waals surface area contributed by atoms with Gasteiger partial charge in [0, 0.05) is 12.2 Å². The second kappa shape index (κ2) is 11.3. The lowest BCUT2D eigenvalue weighted by Crippen LogP contribution is -2.37. The molecule has 0 aliphatic heterocycles. The molecule has 31 heavy (non-hydrogen) atoms. The number of benzene rings is 2. The van der Waals surface area contributed by atoms with E-state index in [1.54, 1.807) is 24.3 Å². The molecule has 2 aromatic rings. The predicted octanol–water partition coefficient (Wildman–Crippen LogP) is 6.56. The molecule has 0 fully saturated rings. The van der Waals surface area contributed by atoms with E-state index in [0.29, 0.717) is 17.8 Å². The van der Waals surface area contributed by atoms with Crippen LogP contribution >= 0.6 is 0 Å². The van der Waals surface area contributed by atoms with Crippen molar-refractivity contribution in [2.75, 3.05) is 18.0 Å². The van der Waals surface area contributed by atoms with E-state index in [9.17, 15) is 4.79 Å². The van der Waals surface area contributed by atoms with Gasteiger partial charge < -0.3 is 9.64 Å². The number of nitrogens with zero attached hydrogens (tertiary/aromatic N) is 4. The van der Waals surface area contributed by atoms with Crippen molar-refractivity contribution >= 4 is 23.0 Å². The Morgan fingerprint density at radius 2 is 1.55 bits per heavy atom. The molecular weight excluding hydrogens is 388 g/mol. The van der Waals surface area contributed by atoms with Crippen molar-refractivity contribution in [3.63, 3.8) is 0 Å². The Morgan fingerprint density at radius 1 is 1.03 bits per heavy atom. The third kappa shape index (κ3) is 6.65. The highest BCUT2D eigenvalue weighted by atomic mass is 16.5. The summed E-state index contributed by atoms with van der Waals surface area (Å²) in [5, 5.41) is 17.3. The number of nitriles is 1. The van der Waals surface area contributed by atoms with Crippen LogP contribution in [0.25, 0.3) is 0 Å². The van der Waals surface area contributed by atoms with Crippen LogP contribution in [-0.4, -0.2) is 25.2 Å². The minimum atomic E-state index is -0.424. The summed E-state index contributed by atoms with van der Waals surface area (Å²) < 4.78 is 5.74. The number of carbonyl (C=O) groups is 1. The second-order valence-corrected chi connectivity index (χ2v) is 7.90. The summed E-state index contributed by atoms with van der Waals surface area (Å²) in [7, 11) is 0. The Morgan fingerprint density at radius 3 is 2.00 bits per heavy atom. The fourth-order valence-corrected chi connectivity index (χ4v) is 3.08. The van der Waals surface area contributed by atoms with Crippen LogP contribution in [0.5, 0.6) is 0 Å². The normalized spacial score (nSPS) is 12.4. The molecule has 0 spiro atoms. The summed E-state index contributed by atoms with van der Waals surface area (Å²) in [4.78, 5) is 14.7. The third-order valence-electron chi connectivity index (χ3n) is 5.71. The number of hydrogen-bond donors (Lipinski definition) is 0. The Labute approximate surface area is 185 Å². The average Bonchev–Trinajstić information content (AvgIpc) is 2.81. The van der Waals surface area contributed by atoms with E-state index in [1.807, 2.05) is 52.0 Å². The molecule has 0 saturated heterocycles. The van der Waals surface area contributed by atoms with Gasteiger partial charge in [-0.3, -0.25) is 4.79 Å². The molecule has 0 bridgehead atoms. The molecule has 0 aromatic heterocycles. The van der Waals surface area contributed by atoms with Crippen LogP contribution in [0.4, 0.5) is 17.1 Å². The van der Waals surface area contributed by atoms with Crippen LogP contribution in [0.1, 0.15) is 53.0 Å². The van der Waals surface area contributed by atoms with Crippen molar-refractivity contribution in [3.8, 4) is 6.07 Å². The molecule has 1 atom stereocenters. The number of likely N-dealkylation sites (N-methyl/N-ethyl adjacent to an activating group) is 1. The molecular formula is C25H32N4O2. The number of azo groups is 1. The molecule has 164 valence electrons. The van der Waals surface area contributed by atoms with E-state index in [2.05, 4.69) is 28.1 Å². The molecule has 0 radical (unpaired) electrons. The highest BCUT2D eigenvalue weighted by molar-refractivity contribution is 5.76. The van der Waals surface area contributed by atoms with Crippen molar-refractivity contribution in [2.24, 2.45) is 15.6 Å². The minimum Gasteiger partial charge on any atom is -0.460 e. The number of esters is 1. The number of hydrogen-bond acceptors (Lipinski definition) is 6. The van der Waals surface area contributed by atoms with Crippen LogP contribution in [0.15, 0.2) is 58.8 Å². The fourth-order valence-electron chi connectivity index (χ4n) is 3.08. The molecule has 0 aliphatic rings. The zero-order valence-electron chi connectivity index (χ0n) is 19.1. The van der Waals surface area contributed by atoms with E-state index >= 15 is 0 Å². The van der Waals surface area contributed by atoms with Gasteiger partial charge in [-0.25, -0.2) is 0 Å². The number of ether oxygens (including phenoxy) is 1. The Kier molecular flexibility index (Phi) is 8.75. The van der Waals surface area contributed by atoms with Gasteiger partial charge in [0.15, 0.2) is 0 Å². The van der Waals surface area contributed by atoms with Crippen LogP contribution < -0.4 is 4.90 Å². The Balaban J connectivity index is 2.00. The van der Waals surface area contributed by atoms with Crippen molar-refractivity contribution in [1.29, 1.82) is 5.26 Å². The first-order valence-corrected chi connectivity index (χ1v) is 10.8. The van der Waals surface area contributed by atoms with Crippen molar-refractivity contribution in [3.05, 3.63) is 54.1 Å². The molecule has 0 N–H and O–H groups in total. The van der Waals surface area contributed by atoms with Crippen LogP contribution in [0.2, 0.25) is 0 Å². The summed E-state index contributed by atoms with van der Waals surface area (Å²) >= 11 is 0. The first kappa shape index (κ1) is 24.1. The number of carbonyl (C=O) groups excluding carboxylic acids is 1. The molecule has 6 nitrogen and oxygen atoms in total. The highest BCUT2D eigenvalue weighted by Crippen LogP contribution is 2.28. The summed E-state index contributed by atoms with van der Waals surface area (Å²) in [5.74, 6) is -0.125. The van der Waals surface area contributed by atoms with Gasteiger partial charge in [0.25, 0.3) is 0 Å². The van der Waals surface area contributed by atoms with E-state index in [-0.39, 0.29) is 12.1 Å². The Bertz CT molecular complexity index is 910. The van der Waals surface area contributed by atoms with Crippen molar-refractivity contribution in [2.45, 2.75) is 53.6 Å². The first-order valence-electron chi connectivity index (χ1n) is 10.8. The lowest BCUT2D eigenvalue weighted by molar-refractivity contribution is -0.159. The van der Waals surface area contributed by atoms with Gasteiger partial charge in [0.1, 0.15) is 6.10 Å². The van der Waals surface area contributed by atoms with E-state index < -0.39 is 5.41 Å². The summed E-state index contributed by atoms with van der Waals surface area (Å²) in [5.41, 5.74) is 2.64.